The van der Waals surface area contributed by atoms with Crippen molar-refractivity contribution in [3.63, 3.8) is 0 Å². The van der Waals surface area contributed by atoms with Crippen molar-refractivity contribution in [1.29, 1.82) is 0 Å². The van der Waals surface area contributed by atoms with E-state index < -0.39 is 0 Å². The number of nitrogen functional groups attached to an aromatic ring is 1. The van der Waals surface area contributed by atoms with Gasteiger partial charge >= 0.3 is 0 Å². The summed E-state index contributed by atoms with van der Waals surface area (Å²) in [5, 5.41) is 0. The molecule has 2 heteroatoms. The van der Waals surface area contributed by atoms with Gasteiger partial charge in [0.1, 0.15) is 0 Å². The molecule has 0 aliphatic carbocycles. The first kappa shape index (κ1) is 9.28. The highest BCUT2D eigenvalue weighted by molar-refractivity contribution is 5.71. The molecule has 0 saturated heterocycles. The molecule has 0 unspecified atom stereocenters. The third-order valence-electron chi connectivity index (χ3n) is 2.57. The minimum Gasteiger partial charge on any atom is -0.399 e. The van der Waals surface area contributed by atoms with Gasteiger partial charge in [-0.15, -0.1) is 0 Å². The van der Waals surface area contributed by atoms with Gasteiger partial charge in [-0.05, 0) is 42.2 Å². The minimum atomic E-state index is 0.726. The highest BCUT2D eigenvalue weighted by atomic mass is 16.5. The fourth-order valence-electron chi connectivity index (χ4n) is 1.76. The number of hydrogen-bond donors (Lipinski definition) is 1. The van der Waals surface area contributed by atoms with Crippen LogP contribution in [0.25, 0.3) is 5.57 Å². The SMILES string of the molecule is Cc1ccc(N)cc1C1=CCOCC1. The van der Waals surface area contributed by atoms with Gasteiger partial charge in [-0.2, -0.15) is 0 Å². The third kappa shape index (κ3) is 1.80. The van der Waals surface area contributed by atoms with E-state index in [0.717, 1.165) is 25.3 Å². The molecule has 2 N–H and O–H groups in total. The fraction of sp³-hybridized carbons (Fsp3) is 0.333. The average Bonchev–Trinajstić information content (AvgIpc) is 2.23. The van der Waals surface area contributed by atoms with Crippen molar-refractivity contribution in [3.8, 4) is 0 Å². The van der Waals surface area contributed by atoms with Crippen LogP contribution in [-0.4, -0.2) is 13.2 Å². The van der Waals surface area contributed by atoms with Gasteiger partial charge in [-0.25, -0.2) is 0 Å². The van der Waals surface area contributed by atoms with E-state index in [0.29, 0.717) is 0 Å². The van der Waals surface area contributed by atoms with E-state index in [1.165, 1.54) is 16.7 Å². The molecule has 1 aromatic carbocycles. The summed E-state index contributed by atoms with van der Waals surface area (Å²) < 4.78 is 5.28. The zero-order valence-corrected chi connectivity index (χ0v) is 8.42. The Hall–Kier alpha value is -1.28. The smallest absolute Gasteiger partial charge is 0.0653 e. The zero-order valence-electron chi connectivity index (χ0n) is 8.42. The lowest BCUT2D eigenvalue weighted by Crippen LogP contribution is -2.05. The van der Waals surface area contributed by atoms with Gasteiger partial charge in [-0.3, -0.25) is 0 Å². The van der Waals surface area contributed by atoms with Crippen molar-refractivity contribution in [2.45, 2.75) is 13.3 Å². The van der Waals surface area contributed by atoms with Gasteiger partial charge in [0, 0.05) is 5.69 Å². The van der Waals surface area contributed by atoms with Crippen LogP contribution in [0.15, 0.2) is 24.3 Å². The summed E-state index contributed by atoms with van der Waals surface area (Å²) in [6, 6.07) is 6.06. The van der Waals surface area contributed by atoms with Crippen LogP contribution in [0, 0.1) is 6.92 Å². The molecule has 2 nitrogen and oxygen atoms in total. The summed E-state index contributed by atoms with van der Waals surface area (Å²) >= 11 is 0. The third-order valence-corrected chi connectivity index (χ3v) is 2.57. The summed E-state index contributed by atoms with van der Waals surface area (Å²) in [5.74, 6) is 0. The number of hydrogen-bond acceptors (Lipinski definition) is 2. The van der Waals surface area contributed by atoms with Crippen molar-refractivity contribution >= 4 is 11.3 Å². The molecule has 1 aliphatic heterocycles. The van der Waals surface area contributed by atoms with Crippen LogP contribution in [0.5, 0.6) is 0 Å². The quantitative estimate of drug-likeness (QED) is 0.688. The van der Waals surface area contributed by atoms with Crippen molar-refractivity contribution in [2.75, 3.05) is 18.9 Å². The summed E-state index contributed by atoms with van der Waals surface area (Å²) in [7, 11) is 0. The Kier molecular flexibility index (Phi) is 2.55. The molecule has 0 spiro atoms. The monoisotopic (exact) mass is 189 g/mol. The normalized spacial score (nSPS) is 16.5. The van der Waals surface area contributed by atoms with Crippen molar-refractivity contribution in [3.05, 3.63) is 35.4 Å². The maximum atomic E-state index is 5.78. The highest BCUT2D eigenvalue weighted by Gasteiger charge is 2.08. The van der Waals surface area contributed by atoms with Crippen LogP contribution in [0.3, 0.4) is 0 Å². The molecule has 1 aromatic rings. The maximum absolute atomic E-state index is 5.78. The van der Waals surface area contributed by atoms with Crippen molar-refractivity contribution < 1.29 is 4.74 Å². The number of benzene rings is 1. The molecule has 0 aromatic heterocycles. The van der Waals surface area contributed by atoms with Crippen LogP contribution < -0.4 is 5.73 Å². The molecule has 0 atom stereocenters. The van der Waals surface area contributed by atoms with Crippen LogP contribution in [0.4, 0.5) is 5.69 Å². The van der Waals surface area contributed by atoms with Crippen LogP contribution in [0.2, 0.25) is 0 Å². The highest BCUT2D eigenvalue weighted by Crippen LogP contribution is 2.25. The van der Waals surface area contributed by atoms with Gasteiger partial charge in [0.2, 0.25) is 0 Å². The lowest BCUT2D eigenvalue weighted by Gasteiger charge is -2.16. The van der Waals surface area contributed by atoms with E-state index in [9.17, 15) is 0 Å². The molecule has 74 valence electrons. The van der Waals surface area contributed by atoms with Gasteiger partial charge in [0.05, 0.1) is 13.2 Å². The minimum absolute atomic E-state index is 0.726. The molecular weight excluding hydrogens is 174 g/mol. The van der Waals surface area contributed by atoms with Gasteiger partial charge < -0.3 is 10.5 Å². The first-order chi connectivity index (χ1) is 6.77. The standard InChI is InChI=1S/C12H15NO/c1-9-2-3-11(13)8-12(9)10-4-6-14-7-5-10/h2-4,8H,5-7,13H2,1H3. The van der Waals surface area contributed by atoms with E-state index in [1.54, 1.807) is 0 Å². The molecule has 0 fully saturated rings. The van der Waals surface area contributed by atoms with E-state index in [-0.39, 0.29) is 0 Å². The molecule has 0 amide bonds. The van der Waals surface area contributed by atoms with Gasteiger partial charge in [-0.1, -0.05) is 12.1 Å². The second kappa shape index (κ2) is 3.84. The molecule has 14 heavy (non-hydrogen) atoms. The Morgan fingerprint density at radius 2 is 2.21 bits per heavy atom. The Labute approximate surface area is 84.4 Å². The number of nitrogens with two attached hydrogens (primary N) is 1. The van der Waals surface area contributed by atoms with Crippen LogP contribution >= 0.6 is 0 Å². The molecule has 0 bridgehead atoms. The first-order valence-electron chi connectivity index (χ1n) is 4.90. The predicted molar refractivity (Wildman–Crippen MR) is 59.0 cm³/mol. The van der Waals surface area contributed by atoms with Crippen LogP contribution in [-0.2, 0) is 4.74 Å². The number of rotatable bonds is 1. The number of aryl methyl sites for hydroxylation is 1. The Bertz CT molecular complexity index is 369. The summed E-state index contributed by atoms with van der Waals surface area (Å²) in [5.41, 5.74) is 10.5. The van der Waals surface area contributed by atoms with E-state index in [1.807, 2.05) is 12.1 Å². The largest absolute Gasteiger partial charge is 0.399 e. The average molecular weight is 189 g/mol. The molecule has 0 saturated carbocycles. The van der Waals surface area contributed by atoms with Gasteiger partial charge in [0.25, 0.3) is 0 Å². The maximum Gasteiger partial charge on any atom is 0.0653 e. The second-order valence-corrected chi connectivity index (χ2v) is 3.63. The molecule has 1 heterocycles. The predicted octanol–water partition coefficient (Wildman–Crippen LogP) is 2.38. The van der Waals surface area contributed by atoms with Crippen LogP contribution in [0.1, 0.15) is 17.5 Å². The number of anilines is 1. The number of ether oxygens (including phenoxy) is 1. The Morgan fingerprint density at radius 3 is 2.93 bits per heavy atom. The summed E-state index contributed by atoms with van der Waals surface area (Å²) in [6.45, 7) is 3.66. The Morgan fingerprint density at radius 1 is 1.36 bits per heavy atom. The fourth-order valence-corrected chi connectivity index (χ4v) is 1.76. The molecule has 2 rings (SSSR count). The lowest BCUT2D eigenvalue weighted by molar-refractivity contribution is 0.161. The zero-order chi connectivity index (χ0) is 9.97. The van der Waals surface area contributed by atoms with Gasteiger partial charge in [0.15, 0.2) is 0 Å². The molecule has 1 aliphatic rings. The topological polar surface area (TPSA) is 35.2 Å². The summed E-state index contributed by atoms with van der Waals surface area (Å²) in [4.78, 5) is 0. The van der Waals surface area contributed by atoms with E-state index in [2.05, 4.69) is 19.1 Å². The molecule has 0 radical (unpaired) electrons. The second-order valence-electron chi connectivity index (χ2n) is 3.63. The molecular formula is C12H15NO. The first-order valence-corrected chi connectivity index (χ1v) is 4.90. The lowest BCUT2D eigenvalue weighted by atomic mass is 9.97. The van der Waals surface area contributed by atoms with Crippen molar-refractivity contribution in [2.24, 2.45) is 0 Å². The van der Waals surface area contributed by atoms with E-state index >= 15 is 0 Å². The van der Waals surface area contributed by atoms with E-state index in [4.69, 9.17) is 10.5 Å². The Balaban J connectivity index is 2.39. The van der Waals surface area contributed by atoms with Crippen molar-refractivity contribution in [1.82, 2.24) is 0 Å². The summed E-state index contributed by atoms with van der Waals surface area (Å²) in [6.07, 6.45) is 3.13.